The van der Waals surface area contributed by atoms with E-state index in [1.54, 1.807) is 52.7 Å². The number of nitrogens with zero attached hydrogens (tertiary/aromatic N) is 1. The van der Waals surface area contributed by atoms with E-state index in [1.807, 2.05) is 6.92 Å². The van der Waals surface area contributed by atoms with Gasteiger partial charge in [0.15, 0.2) is 0 Å². The summed E-state index contributed by atoms with van der Waals surface area (Å²) >= 11 is 0. The third-order valence-electron chi connectivity index (χ3n) is 13.6. The van der Waals surface area contributed by atoms with E-state index in [0.717, 1.165) is 0 Å². The quantitative estimate of drug-likeness (QED) is 0.293. The Balaban J connectivity index is 1.48. The highest BCUT2D eigenvalue weighted by Crippen LogP contribution is 2.80. The first-order valence-corrected chi connectivity index (χ1v) is 17.0. The number of aliphatic hydroxyl groups excluding tert-OH is 2. The summed E-state index contributed by atoms with van der Waals surface area (Å²) in [5, 5.41) is 37.5. The summed E-state index contributed by atoms with van der Waals surface area (Å²) in [6.45, 7) is 5.81. The largest absolute Gasteiger partial charge is 0.497 e. The standard InChI is InChI=1S/C35H51NO11/c1-8-36-16-32(17-41-3)21(37)14-22(43-5)34-20-15-33(40)29(47-31(39)18-10-12-19(42-4)13-11-18)23(20)35(46-9-2,28(38)30(33)45-7)24(27(34)36)25(44-6)26(32)34/h10-13,20-30,37-38,40H,8-9,14-17H2,1-7H3/t20-,21-,22?,23-,24?,25?,26-,27?,28+,29-,30+,32+,33-,34?,35-/m1/s1. The van der Waals surface area contributed by atoms with E-state index in [4.69, 9.17) is 33.2 Å². The molecule has 7 bridgehead atoms. The van der Waals surface area contributed by atoms with E-state index in [2.05, 4.69) is 11.8 Å². The van der Waals surface area contributed by atoms with E-state index in [9.17, 15) is 20.1 Å². The number of fused-ring (bicyclic) bond motifs is 2. The van der Waals surface area contributed by atoms with Gasteiger partial charge in [-0.2, -0.15) is 0 Å². The van der Waals surface area contributed by atoms with E-state index in [1.165, 1.54) is 7.11 Å². The fraction of sp³-hybridized carbons (Fsp3) is 0.800. The molecule has 12 heteroatoms. The number of ether oxygens (including phenoxy) is 7. The lowest BCUT2D eigenvalue weighted by Crippen LogP contribution is -2.81. The maximum absolute atomic E-state index is 13.9. The molecule has 5 unspecified atom stereocenters. The summed E-state index contributed by atoms with van der Waals surface area (Å²) in [6.07, 6.45) is -4.56. The molecule has 5 saturated carbocycles. The molecule has 262 valence electrons. The Morgan fingerprint density at radius 3 is 2.28 bits per heavy atom. The summed E-state index contributed by atoms with van der Waals surface area (Å²) in [6, 6.07) is 6.45. The van der Waals surface area contributed by atoms with Crippen molar-refractivity contribution in [3.63, 3.8) is 0 Å². The van der Waals surface area contributed by atoms with Crippen LogP contribution in [0.5, 0.6) is 5.75 Å². The average molecular weight is 662 g/mol. The van der Waals surface area contributed by atoms with Crippen molar-refractivity contribution in [3.05, 3.63) is 29.8 Å². The Hall–Kier alpha value is -1.87. The molecule has 12 nitrogen and oxygen atoms in total. The second-order valence-electron chi connectivity index (χ2n) is 14.6. The van der Waals surface area contributed by atoms with Crippen molar-refractivity contribution in [1.29, 1.82) is 0 Å². The molecular weight excluding hydrogens is 610 g/mol. The normalized spacial score (nSPS) is 49.2. The molecule has 1 heterocycles. The fourth-order valence-electron chi connectivity index (χ4n) is 12.5. The Morgan fingerprint density at radius 1 is 0.979 bits per heavy atom. The van der Waals surface area contributed by atoms with Crippen molar-refractivity contribution in [2.75, 3.05) is 61.9 Å². The van der Waals surface area contributed by atoms with E-state index in [-0.39, 0.29) is 30.9 Å². The van der Waals surface area contributed by atoms with Gasteiger partial charge >= 0.3 is 5.97 Å². The number of rotatable bonds is 11. The smallest absolute Gasteiger partial charge is 0.338 e. The number of methoxy groups -OCH3 is 5. The van der Waals surface area contributed by atoms with Crippen LogP contribution in [0.15, 0.2) is 24.3 Å². The Kier molecular flexibility index (Phi) is 8.30. The third-order valence-corrected chi connectivity index (χ3v) is 13.6. The molecule has 1 aliphatic heterocycles. The van der Waals surface area contributed by atoms with Gasteiger partial charge in [0.2, 0.25) is 0 Å². The van der Waals surface area contributed by atoms with Gasteiger partial charge in [0.05, 0.1) is 37.6 Å². The van der Waals surface area contributed by atoms with Gasteiger partial charge in [-0.1, -0.05) is 6.92 Å². The lowest BCUT2D eigenvalue weighted by Gasteiger charge is -2.70. The lowest BCUT2D eigenvalue weighted by molar-refractivity contribution is -0.330. The number of carbonyl (C=O) groups is 1. The van der Waals surface area contributed by atoms with Crippen molar-refractivity contribution in [2.45, 2.75) is 80.6 Å². The van der Waals surface area contributed by atoms with Gasteiger partial charge in [-0.15, -0.1) is 0 Å². The van der Waals surface area contributed by atoms with Crippen LogP contribution in [0.2, 0.25) is 0 Å². The molecule has 0 amide bonds. The number of hydrogen-bond acceptors (Lipinski definition) is 12. The second-order valence-corrected chi connectivity index (χ2v) is 14.6. The van der Waals surface area contributed by atoms with Crippen LogP contribution in [0.4, 0.5) is 0 Å². The second kappa shape index (κ2) is 11.6. The highest BCUT2D eigenvalue weighted by Gasteiger charge is 2.91. The van der Waals surface area contributed by atoms with E-state index < -0.39 is 76.5 Å². The minimum absolute atomic E-state index is 0.176. The molecule has 1 aromatic carbocycles. The molecule has 5 aliphatic carbocycles. The maximum atomic E-state index is 13.9. The summed E-state index contributed by atoms with van der Waals surface area (Å²) < 4.78 is 43.5. The molecule has 6 fully saturated rings. The van der Waals surface area contributed by atoms with Gasteiger partial charge in [-0.3, -0.25) is 4.90 Å². The Morgan fingerprint density at radius 2 is 1.70 bits per heavy atom. The monoisotopic (exact) mass is 661 g/mol. The number of hydrogen-bond donors (Lipinski definition) is 3. The number of benzene rings is 1. The number of likely N-dealkylation sites (tertiary alicyclic amines) is 1. The predicted molar refractivity (Wildman–Crippen MR) is 167 cm³/mol. The zero-order chi connectivity index (χ0) is 33.7. The van der Waals surface area contributed by atoms with Crippen LogP contribution in [0.3, 0.4) is 0 Å². The average Bonchev–Trinajstić information content (AvgIpc) is 3.44. The van der Waals surface area contributed by atoms with E-state index in [0.29, 0.717) is 37.4 Å². The lowest BCUT2D eigenvalue weighted by atomic mass is 9.42. The summed E-state index contributed by atoms with van der Waals surface area (Å²) in [7, 11) is 8.06. The third kappa shape index (κ3) is 3.88. The van der Waals surface area contributed by atoms with Crippen LogP contribution in [0, 0.1) is 34.5 Å². The molecule has 15 atom stereocenters. The van der Waals surface area contributed by atoms with Gasteiger partial charge in [0.25, 0.3) is 0 Å². The molecule has 0 aromatic heterocycles. The minimum atomic E-state index is -1.74. The first-order chi connectivity index (χ1) is 22.6. The molecule has 0 radical (unpaired) electrons. The van der Waals surface area contributed by atoms with Crippen LogP contribution in [0.25, 0.3) is 0 Å². The molecule has 1 spiro atoms. The van der Waals surface area contributed by atoms with Gasteiger partial charge in [0, 0.05) is 82.6 Å². The Bertz CT molecular complexity index is 1350. The van der Waals surface area contributed by atoms with Gasteiger partial charge < -0.3 is 48.5 Å². The SMILES string of the molecule is CCO[C@@]12C3C(OC)[C@H]4C5(C(OC)C[C@@H](O)[C@@]4(COC)CN(CC)C35)[C@@H]3C[C@@](O)([C@H](OC(=O)c4ccc(OC)cc4)[C@@H]31)[C@@H](OC)[C@@H]2O. The molecule has 1 saturated heterocycles. The molecule has 47 heavy (non-hydrogen) atoms. The first kappa shape index (κ1) is 33.6. The maximum Gasteiger partial charge on any atom is 0.338 e. The summed E-state index contributed by atoms with van der Waals surface area (Å²) in [5.41, 5.74) is -4.16. The summed E-state index contributed by atoms with van der Waals surface area (Å²) in [4.78, 5) is 16.3. The van der Waals surface area contributed by atoms with Gasteiger partial charge in [-0.05, 0) is 50.1 Å². The zero-order valence-corrected chi connectivity index (χ0v) is 28.5. The van der Waals surface area contributed by atoms with Crippen LogP contribution in [0.1, 0.15) is 37.0 Å². The van der Waals surface area contributed by atoms with Crippen LogP contribution >= 0.6 is 0 Å². The van der Waals surface area contributed by atoms with E-state index >= 15 is 0 Å². The van der Waals surface area contributed by atoms with Gasteiger partial charge in [-0.25, -0.2) is 4.79 Å². The zero-order valence-electron chi connectivity index (χ0n) is 28.5. The summed E-state index contributed by atoms with van der Waals surface area (Å²) in [5.74, 6) is -1.71. The first-order valence-electron chi connectivity index (χ1n) is 17.0. The number of esters is 1. The molecule has 7 rings (SSSR count). The van der Waals surface area contributed by atoms with Crippen LogP contribution < -0.4 is 4.74 Å². The highest BCUT2D eigenvalue weighted by atomic mass is 16.6. The Labute approximate surface area is 276 Å². The topological polar surface area (TPSA) is 146 Å². The molecular formula is C35H51NO11. The van der Waals surface area contributed by atoms with Crippen molar-refractivity contribution >= 4 is 5.97 Å². The van der Waals surface area contributed by atoms with Crippen LogP contribution in [-0.4, -0.2) is 142 Å². The van der Waals surface area contributed by atoms with Crippen molar-refractivity contribution in [2.24, 2.45) is 34.5 Å². The number of piperidine rings is 1. The van der Waals surface area contributed by atoms with Crippen molar-refractivity contribution in [3.8, 4) is 5.75 Å². The minimum Gasteiger partial charge on any atom is -0.497 e. The van der Waals surface area contributed by atoms with Crippen molar-refractivity contribution < 1.29 is 53.3 Å². The van der Waals surface area contributed by atoms with Crippen molar-refractivity contribution in [1.82, 2.24) is 4.90 Å². The van der Waals surface area contributed by atoms with Gasteiger partial charge in [0.1, 0.15) is 35.3 Å². The fourth-order valence-corrected chi connectivity index (χ4v) is 12.5. The molecule has 3 N–H and O–H groups in total. The predicted octanol–water partition coefficient (Wildman–Crippen LogP) is 1.13. The number of carbonyl (C=O) groups excluding carboxylic acids is 1. The molecule has 6 aliphatic rings. The van der Waals surface area contributed by atoms with Crippen LogP contribution in [-0.2, 0) is 28.4 Å². The highest BCUT2D eigenvalue weighted by molar-refractivity contribution is 5.89. The number of aliphatic hydroxyl groups is 3. The molecule has 1 aromatic rings.